The summed E-state index contributed by atoms with van der Waals surface area (Å²) in [6, 6.07) is 11.0. The number of benzene rings is 1. The van der Waals surface area contributed by atoms with Crippen molar-refractivity contribution < 1.29 is 0 Å². The number of nitrogens with zero attached hydrogens (tertiary/aromatic N) is 4. The van der Waals surface area contributed by atoms with Crippen molar-refractivity contribution in [2.24, 2.45) is 0 Å². The van der Waals surface area contributed by atoms with Gasteiger partial charge in [0.2, 0.25) is 0 Å². The molecule has 0 spiro atoms. The first-order valence-electron chi connectivity index (χ1n) is 8.87. The van der Waals surface area contributed by atoms with E-state index >= 15 is 0 Å². The first kappa shape index (κ1) is 17.1. The standard InChI is InChI=1S/C19H29N5/c1-16(23-11-9-22(3)10-12-23)13-20-14-19-15-21-17(2)24(19)18-7-5-4-6-8-18/h4-8,15-16,20H,9-14H2,1-3H3/t16-/m0/s1. The molecule has 0 saturated carbocycles. The highest BCUT2D eigenvalue weighted by molar-refractivity contribution is 5.35. The highest BCUT2D eigenvalue weighted by Gasteiger charge is 2.18. The minimum atomic E-state index is 0.563. The van der Waals surface area contributed by atoms with Gasteiger partial charge < -0.3 is 10.2 Å². The lowest BCUT2D eigenvalue weighted by atomic mass is 10.2. The van der Waals surface area contributed by atoms with E-state index in [-0.39, 0.29) is 0 Å². The van der Waals surface area contributed by atoms with E-state index < -0.39 is 0 Å². The summed E-state index contributed by atoms with van der Waals surface area (Å²) < 4.78 is 2.23. The van der Waals surface area contributed by atoms with Gasteiger partial charge in [0.25, 0.3) is 0 Å². The zero-order chi connectivity index (χ0) is 16.9. The molecule has 0 amide bonds. The Morgan fingerprint density at radius 3 is 2.54 bits per heavy atom. The Morgan fingerprint density at radius 1 is 1.12 bits per heavy atom. The second-order valence-electron chi connectivity index (χ2n) is 6.79. The van der Waals surface area contributed by atoms with Gasteiger partial charge in [-0.3, -0.25) is 9.47 Å². The summed E-state index contributed by atoms with van der Waals surface area (Å²) in [7, 11) is 2.20. The highest BCUT2D eigenvalue weighted by atomic mass is 15.3. The molecule has 1 atom stereocenters. The molecule has 1 fully saturated rings. The van der Waals surface area contributed by atoms with Crippen LogP contribution >= 0.6 is 0 Å². The van der Waals surface area contributed by atoms with Gasteiger partial charge in [0.1, 0.15) is 5.82 Å². The summed E-state index contributed by atoms with van der Waals surface area (Å²) in [6.45, 7) is 10.9. The Morgan fingerprint density at radius 2 is 1.83 bits per heavy atom. The molecular weight excluding hydrogens is 298 g/mol. The third-order valence-electron chi connectivity index (χ3n) is 4.93. The molecule has 0 unspecified atom stereocenters. The molecule has 0 bridgehead atoms. The average molecular weight is 327 g/mol. The highest BCUT2D eigenvalue weighted by Crippen LogP contribution is 2.14. The van der Waals surface area contributed by atoms with Crippen LogP contribution in [0.25, 0.3) is 5.69 Å². The molecule has 0 radical (unpaired) electrons. The lowest BCUT2D eigenvalue weighted by Gasteiger charge is -2.36. The van der Waals surface area contributed by atoms with Crippen molar-refractivity contribution in [1.29, 1.82) is 0 Å². The number of rotatable bonds is 6. The van der Waals surface area contributed by atoms with Gasteiger partial charge in [-0.25, -0.2) is 4.98 Å². The second-order valence-corrected chi connectivity index (χ2v) is 6.79. The van der Waals surface area contributed by atoms with Crippen LogP contribution < -0.4 is 5.32 Å². The normalized spacial score (nSPS) is 18.0. The zero-order valence-corrected chi connectivity index (χ0v) is 15.1. The molecule has 0 aliphatic carbocycles. The fourth-order valence-corrected chi connectivity index (χ4v) is 3.35. The van der Waals surface area contributed by atoms with Gasteiger partial charge in [-0.05, 0) is 33.0 Å². The van der Waals surface area contributed by atoms with Gasteiger partial charge in [-0.2, -0.15) is 0 Å². The van der Waals surface area contributed by atoms with Crippen LogP contribution in [0.2, 0.25) is 0 Å². The van der Waals surface area contributed by atoms with E-state index in [9.17, 15) is 0 Å². The number of nitrogens with one attached hydrogen (secondary N) is 1. The summed E-state index contributed by atoms with van der Waals surface area (Å²) in [5, 5.41) is 3.62. The summed E-state index contributed by atoms with van der Waals surface area (Å²) in [5.74, 6) is 1.03. The van der Waals surface area contributed by atoms with Crippen molar-refractivity contribution in [1.82, 2.24) is 24.7 Å². The van der Waals surface area contributed by atoms with Crippen molar-refractivity contribution in [3.05, 3.63) is 48.0 Å². The van der Waals surface area contributed by atoms with Gasteiger partial charge in [-0.15, -0.1) is 0 Å². The number of likely N-dealkylation sites (N-methyl/N-ethyl adjacent to an activating group) is 1. The summed E-state index contributed by atoms with van der Waals surface area (Å²) in [5.41, 5.74) is 2.39. The maximum atomic E-state index is 4.50. The predicted molar refractivity (Wildman–Crippen MR) is 98.5 cm³/mol. The van der Waals surface area contributed by atoms with Crippen LogP contribution in [0.1, 0.15) is 18.4 Å². The zero-order valence-electron chi connectivity index (χ0n) is 15.1. The Kier molecular flexibility index (Phi) is 5.66. The third kappa shape index (κ3) is 4.04. The smallest absolute Gasteiger partial charge is 0.110 e. The van der Waals surface area contributed by atoms with E-state index in [2.05, 4.69) is 69.8 Å². The fourth-order valence-electron chi connectivity index (χ4n) is 3.35. The monoisotopic (exact) mass is 327 g/mol. The van der Waals surface area contributed by atoms with Crippen molar-refractivity contribution in [3.8, 4) is 5.69 Å². The number of aromatic nitrogens is 2. The first-order chi connectivity index (χ1) is 11.6. The molecule has 2 heterocycles. The molecule has 3 rings (SSSR count). The van der Waals surface area contributed by atoms with Crippen LogP contribution in [0.5, 0.6) is 0 Å². The number of imidazole rings is 1. The van der Waals surface area contributed by atoms with Gasteiger partial charge in [0.05, 0.1) is 11.9 Å². The van der Waals surface area contributed by atoms with E-state index in [1.165, 1.54) is 37.6 Å². The minimum absolute atomic E-state index is 0.563. The molecular formula is C19H29N5. The van der Waals surface area contributed by atoms with E-state index in [0.29, 0.717) is 6.04 Å². The lowest BCUT2D eigenvalue weighted by Crippen LogP contribution is -2.50. The van der Waals surface area contributed by atoms with E-state index in [1.807, 2.05) is 12.3 Å². The lowest BCUT2D eigenvalue weighted by molar-refractivity contribution is 0.117. The van der Waals surface area contributed by atoms with Crippen molar-refractivity contribution in [2.75, 3.05) is 39.8 Å². The van der Waals surface area contributed by atoms with Crippen LogP contribution in [-0.2, 0) is 6.54 Å². The van der Waals surface area contributed by atoms with Crippen LogP contribution in [-0.4, -0.2) is 65.2 Å². The molecule has 1 aliphatic rings. The largest absolute Gasteiger partial charge is 0.310 e. The number of aryl methyl sites for hydroxylation is 1. The fraction of sp³-hybridized carbons (Fsp3) is 0.526. The summed E-state index contributed by atoms with van der Waals surface area (Å²) >= 11 is 0. The molecule has 130 valence electrons. The predicted octanol–water partition coefficient (Wildman–Crippen LogP) is 1.91. The van der Waals surface area contributed by atoms with Crippen molar-refractivity contribution in [3.63, 3.8) is 0 Å². The molecule has 24 heavy (non-hydrogen) atoms. The summed E-state index contributed by atoms with van der Waals surface area (Å²) in [6.07, 6.45) is 1.98. The molecule has 1 aromatic heterocycles. The molecule has 1 saturated heterocycles. The van der Waals surface area contributed by atoms with Crippen molar-refractivity contribution >= 4 is 0 Å². The first-order valence-corrected chi connectivity index (χ1v) is 8.87. The number of piperazine rings is 1. The van der Waals surface area contributed by atoms with Gasteiger partial charge >= 0.3 is 0 Å². The molecule has 5 heteroatoms. The van der Waals surface area contributed by atoms with Crippen LogP contribution in [0.4, 0.5) is 0 Å². The van der Waals surface area contributed by atoms with Crippen LogP contribution in [0, 0.1) is 6.92 Å². The number of para-hydroxylation sites is 1. The quantitative estimate of drug-likeness (QED) is 0.879. The van der Waals surface area contributed by atoms with Gasteiger partial charge in [-0.1, -0.05) is 18.2 Å². The van der Waals surface area contributed by atoms with Gasteiger partial charge in [0.15, 0.2) is 0 Å². The Labute approximate surface area is 145 Å². The van der Waals surface area contributed by atoms with E-state index in [0.717, 1.165) is 18.9 Å². The molecule has 1 N–H and O–H groups in total. The summed E-state index contributed by atoms with van der Waals surface area (Å²) in [4.78, 5) is 9.47. The minimum Gasteiger partial charge on any atom is -0.310 e. The van der Waals surface area contributed by atoms with E-state index in [1.54, 1.807) is 0 Å². The Hall–Kier alpha value is -1.69. The maximum Gasteiger partial charge on any atom is 0.110 e. The molecule has 1 aliphatic heterocycles. The third-order valence-corrected chi connectivity index (χ3v) is 4.93. The molecule has 1 aromatic carbocycles. The SMILES string of the molecule is Cc1ncc(CNC[C@H](C)N2CCN(C)CC2)n1-c1ccccc1. The average Bonchev–Trinajstić information content (AvgIpc) is 2.97. The Bertz CT molecular complexity index is 628. The Balaban J connectivity index is 1.56. The topological polar surface area (TPSA) is 36.3 Å². The van der Waals surface area contributed by atoms with Crippen LogP contribution in [0.15, 0.2) is 36.5 Å². The van der Waals surface area contributed by atoms with E-state index in [4.69, 9.17) is 0 Å². The maximum absolute atomic E-state index is 4.50. The molecule has 2 aromatic rings. The second kappa shape index (κ2) is 7.92. The number of hydrogen-bond donors (Lipinski definition) is 1. The van der Waals surface area contributed by atoms with Crippen molar-refractivity contribution in [2.45, 2.75) is 26.4 Å². The number of hydrogen-bond acceptors (Lipinski definition) is 4. The molecule has 5 nitrogen and oxygen atoms in total. The van der Waals surface area contributed by atoms with Gasteiger partial charge in [0, 0.05) is 51.0 Å². The van der Waals surface area contributed by atoms with Crippen LogP contribution in [0.3, 0.4) is 0 Å².